The molecule has 82 valence electrons. The summed E-state index contributed by atoms with van der Waals surface area (Å²) in [5.41, 5.74) is 1.75. The van der Waals surface area contributed by atoms with E-state index in [-0.39, 0.29) is 0 Å². The van der Waals surface area contributed by atoms with E-state index in [0.29, 0.717) is 11.6 Å². The molecule has 0 fully saturated rings. The topological polar surface area (TPSA) is 35.0 Å². The molecule has 0 aliphatic rings. The molecule has 0 bridgehead atoms. The molecule has 2 aromatic rings. The van der Waals surface area contributed by atoms with Crippen molar-refractivity contribution in [3.8, 4) is 11.5 Å². The van der Waals surface area contributed by atoms with Crippen LogP contribution in [0.25, 0.3) is 0 Å². The van der Waals surface area contributed by atoms with Crippen molar-refractivity contribution < 1.29 is 4.74 Å². The quantitative estimate of drug-likeness (QED) is 0.765. The minimum absolute atomic E-state index is 0.378. The SMILES string of the molecule is Cc1ccc(Oc2ccnc(CCl)c2)cn1. The zero-order chi connectivity index (χ0) is 11.4. The van der Waals surface area contributed by atoms with Crippen molar-refractivity contribution >= 4 is 11.6 Å². The lowest BCUT2D eigenvalue weighted by molar-refractivity contribution is 0.478. The van der Waals surface area contributed by atoms with E-state index in [1.165, 1.54) is 0 Å². The first-order chi connectivity index (χ1) is 7.78. The summed E-state index contributed by atoms with van der Waals surface area (Å²) in [5.74, 6) is 1.80. The van der Waals surface area contributed by atoms with Crippen LogP contribution < -0.4 is 4.74 Å². The lowest BCUT2D eigenvalue weighted by Crippen LogP contribution is -1.89. The van der Waals surface area contributed by atoms with Crippen LogP contribution in [0.1, 0.15) is 11.4 Å². The van der Waals surface area contributed by atoms with Crippen LogP contribution in [-0.2, 0) is 5.88 Å². The summed E-state index contributed by atoms with van der Waals surface area (Å²) in [5, 5.41) is 0. The Kier molecular flexibility index (Phi) is 3.37. The maximum atomic E-state index is 5.69. The van der Waals surface area contributed by atoms with Crippen molar-refractivity contribution in [1.29, 1.82) is 0 Å². The lowest BCUT2D eigenvalue weighted by atomic mass is 10.3. The van der Waals surface area contributed by atoms with Crippen LogP contribution in [0.2, 0.25) is 0 Å². The molecule has 0 aromatic carbocycles. The molecule has 0 unspecified atom stereocenters. The van der Waals surface area contributed by atoms with E-state index < -0.39 is 0 Å². The van der Waals surface area contributed by atoms with E-state index in [4.69, 9.17) is 16.3 Å². The summed E-state index contributed by atoms with van der Waals surface area (Å²) in [6.45, 7) is 1.93. The Hall–Kier alpha value is -1.61. The molecule has 0 saturated carbocycles. The standard InChI is InChI=1S/C12H11ClN2O/c1-9-2-3-12(8-15-9)16-11-4-5-14-10(6-11)7-13/h2-6,8H,7H2,1H3. The van der Waals surface area contributed by atoms with E-state index in [1.54, 1.807) is 18.5 Å². The number of pyridine rings is 2. The summed E-state index contributed by atoms with van der Waals surface area (Å²) in [7, 11) is 0. The van der Waals surface area contributed by atoms with Crippen LogP contribution in [0.15, 0.2) is 36.7 Å². The normalized spacial score (nSPS) is 10.1. The molecule has 0 N–H and O–H groups in total. The lowest BCUT2D eigenvalue weighted by Gasteiger charge is -2.05. The number of halogens is 1. The zero-order valence-electron chi connectivity index (χ0n) is 8.85. The number of ether oxygens (including phenoxy) is 1. The Morgan fingerprint density at radius 2 is 2.06 bits per heavy atom. The van der Waals surface area contributed by atoms with Gasteiger partial charge >= 0.3 is 0 Å². The van der Waals surface area contributed by atoms with Crippen LogP contribution in [-0.4, -0.2) is 9.97 Å². The largest absolute Gasteiger partial charge is 0.456 e. The molecule has 0 aliphatic heterocycles. The van der Waals surface area contributed by atoms with Gasteiger partial charge in [-0.2, -0.15) is 0 Å². The number of alkyl halides is 1. The minimum atomic E-state index is 0.378. The Labute approximate surface area is 99.1 Å². The fourth-order valence-corrected chi connectivity index (χ4v) is 1.39. The molecular formula is C12H11ClN2O. The van der Waals surface area contributed by atoms with Gasteiger partial charge < -0.3 is 4.74 Å². The third kappa shape index (κ3) is 2.70. The highest BCUT2D eigenvalue weighted by atomic mass is 35.5. The van der Waals surface area contributed by atoms with Crippen LogP contribution in [0, 0.1) is 6.92 Å². The fraction of sp³-hybridized carbons (Fsp3) is 0.167. The van der Waals surface area contributed by atoms with Crippen LogP contribution in [0.3, 0.4) is 0 Å². The number of aryl methyl sites for hydroxylation is 1. The molecule has 2 aromatic heterocycles. The van der Waals surface area contributed by atoms with E-state index in [9.17, 15) is 0 Å². The molecule has 0 amide bonds. The van der Waals surface area contributed by atoms with E-state index >= 15 is 0 Å². The minimum Gasteiger partial charge on any atom is -0.456 e. The first-order valence-electron chi connectivity index (χ1n) is 4.89. The zero-order valence-corrected chi connectivity index (χ0v) is 9.61. The van der Waals surface area contributed by atoms with E-state index in [2.05, 4.69) is 9.97 Å². The number of aromatic nitrogens is 2. The highest BCUT2D eigenvalue weighted by Gasteiger charge is 1.99. The monoisotopic (exact) mass is 234 g/mol. The number of hydrogen-bond acceptors (Lipinski definition) is 3. The molecule has 0 spiro atoms. The summed E-state index contributed by atoms with van der Waals surface area (Å²) in [4.78, 5) is 8.24. The second kappa shape index (κ2) is 4.94. The summed E-state index contributed by atoms with van der Waals surface area (Å²) >= 11 is 5.69. The highest BCUT2D eigenvalue weighted by Crippen LogP contribution is 2.20. The predicted octanol–water partition coefficient (Wildman–Crippen LogP) is 3.32. The van der Waals surface area contributed by atoms with Gasteiger partial charge in [0.2, 0.25) is 0 Å². The third-order valence-electron chi connectivity index (χ3n) is 2.04. The van der Waals surface area contributed by atoms with Crippen LogP contribution in [0.4, 0.5) is 0 Å². The average Bonchev–Trinajstić information content (AvgIpc) is 2.32. The van der Waals surface area contributed by atoms with Crippen molar-refractivity contribution in [2.75, 3.05) is 0 Å². The molecule has 3 nitrogen and oxygen atoms in total. The first-order valence-corrected chi connectivity index (χ1v) is 5.43. The van der Waals surface area contributed by atoms with Gasteiger partial charge in [0.15, 0.2) is 0 Å². The van der Waals surface area contributed by atoms with Gasteiger partial charge in [-0.05, 0) is 25.1 Å². The first kappa shape index (κ1) is 10.9. The van der Waals surface area contributed by atoms with Gasteiger partial charge in [0.1, 0.15) is 11.5 Å². The van der Waals surface area contributed by atoms with Gasteiger partial charge in [-0.1, -0.05) is 0 Å². The van der Waals surface area contributed by atoms with Crippen molar-refractivity contribution in [3.63, 3.8) is 0 Å². The third-order valence-corrected chi connectivity index (χ3v) is 2.32. The summed E-state index contributed by atoms with van der Waals surface area (Å²) in [6.07, 6.45) is 3.37. The van der Waals surface area contributed by atoms with Crippen LogP contribution >= 0.6 is 11.6 Å². The molecule has 0 saturated heterocycles. The Balaban J connectivity index is 2.16. The summed E-state index contributed by atoms with van der Waals surface area (Å²) < 4.78 is 5.61. The number of hydrogen-bond donors (Lipinski definition) is 0. The number of rotatable bonds is 3. The molecule has 0 radical (unpaired) electrons. The second-order valence-corrected chi connectivity index (χ2v) is 3.62. The van der Waals surface area contributed by atoms with Crippen molar-refractivity contribution in [2.45, 2.75) is 12.8 Å². The van der Waals surface area contributed by atoms with Gasteiger partial charge in [0.25, 0.3) is 0 Å². The van der Waals surface area contributed by atoms with Gasteiger partial charge in [0.05, 0.1) is 17.8 Å². The Morgan fingerprint density at radius 1 is 1.19 bits per heavy atom. The number of nitrogens with zero attached hydrogens (tertiary/aromatic N) is 2. The van der Waals surface area contributed by atoms with Gasteiger partial charge in [0, 0.05) is 18.0 Å². The molecule has 0 atom stereocenters. The smallest absolute Gasteiger partial charge is 0.145 e. The van der Waals surface area contributed by atoms with Crippen LogP contribution in [0.5, 0.6) is 11.5 Å². The maximum absolute atomic E-state index is 5.69. The molecule has 16 heavy (non-hydrogen) atoms. The Morgan fingerprint density at radius 3 is 2.75 bits per heavy atom. The highest BCUT2D eigenvalue weighted by molar-refractivity contribution is 6.16. The summed E-state index contributed by atoms with van der Waals surface area (Å²) in [6, 6.07) is 7.38. The van der Waals surface area contributed by atoms with Crippen molar-refractivity contribution in [3.05, 3.63) is 48.0 Å². The van der Waals surface area contributed by atoms with Gasteiger partial charge in [-0.3, -0.25) is 9.97 Å². The van der Waals surface area contributed by atoms with Gasteiger partial charge in [-0.15, -0.1) is 11.6 Å². The van der Waals surface area contributed by atoms with Gasteiger partial charge in [-0.25, -0.2) is 0 Å². The molecular weight excluding hydrogens is 224 g/mol. The second-order valence-electron chi connectivity index (χ2n) is 3.35. The van der Waals surface area contributed by atoms with E-state index in [0.717, 1.165) is 17.1 Å². The average molecular weight is 235 g/mol. The Bertz CT molecular complexity index is 471. The van der Waals surface area contributed by atoms with Crippen molar-refractivity contribution in [2.24, 2.45) is 0 Å². The fourth-order valence-electron chi connectivity index (χ4n) is 1.24. The molecule has 0 aliphatic carbocycles. The molecule has 2 rings (SSSR count). The van der Waals surface area contributed by atoms with Crippen molar-refractivity contribution in [1.82, 2.24) is 9.97 Å². The van der Waals surface area contributed by atoms with E-state index in [1.807, 2.05) is 25.1 Å². The maximum Gasteiger partial charge on any atom is 0.145 e. The molecule has 4 heteroatoms. The molecule has 2 heterocycles. The predicted molar refractivity (Wildman–Crippen MR) is 62.8 cm³/mol.